The van der Waals surface area contributed by atoms with Crippen molar-refractivity contribution in [2.75, 3.05) is 12.3 Å². The average Bonchev–Trinajstić information content (AvgIpc) is 2.60. The third-order valence-electron chi connectivity index (χ3n) is 3.46. The second-order valence-electron chi connectivity index (χ2n) is 5.36. The number of hydrogen-bond acceptors (Lipinski definition) is 5. The lowest BCUT2D eigenvalue weighted by Gasteiger charge is -2.25. The summed E-state index contributed by atoms with van der Waals surface area (Å²) >= 11 is 5.61. The van der Waals surface area contributed by atoms with Crippen LogP contribution < -0.4 is 0 Å². The highest BCUT2D eigenvalue weighted by Gasteiger charge is 2.30. The highest BCUT2D eigenvalue weighted by molar-refractivity contribution is 7.99. The van der Waals surface area contributed by atoms with Crippen molar-refractivity contribution in [2.45, 2.75) is 27.7 Å². The molecule has 0 saturated carbocycles. The van der Waals surface area contributed by atoms with E-state index in [1.165, 1.54) is 23.9 Å². The van der Waals surface area contributed by atoms with Gasteiger partial charge in [0.05, 0.1) is 4.90 Å². The molecule has 0 aliphatic carbocycles. The van der Waals surface area contributed by atoms with Crippen LogP contribution in [0.25, 0.3) is 0 Å². The van der Waals surface area contributed by atoms with Gasteiger partial charge < -0.3 is 5.11 Å². The second kappa shape index (κ2) is 8.75. The molecular formula is C17H19NO4S3. The Balaban J connectivity index is 2.25. The molecule has 2 rings (SSSR count). The van der Waals surface area contributed by atoms with Crippen molar-refractivity contribution in [3.05, 3.63) is 54.6 Å². The minimum atomic E-state index is -3.90. The van der Waals surface area contributed by atoms with Gasteiger partial charge in [0.1, 0.15) is 6.54 Å². The van der Waals surface area contributed by atoms with E-state index in [2.05, 4.69) is 12.6 Å². The molecule has 2 aromatic carbocycles. The summed E-state index contributed by atoms with van der Waals surface area (Å²) in [5, 5.41) is 9.01. The summed E-state index contributed by atoms with van der Waals surface area (Å²) in [7, 11) is -3.90. The Bertz CT molecular complexity index is 808. The number of carboxylic acid groups (broad SMARTS) is 1. The van der Waals surface area contributed by atoms with Crippen LogP contribution in [0.3, 0.4) is 0 Å². The van der Waals surface area contributed by atoms with Crippen molar-refractivity contribution in [1.29, 1.82) is 0 Å². The molecule has 0 spiro atoms. The first-order valence-corrected chi connectivity index (χ1v) is 10.4. The van der Waals surface area contributed by atoms with Gasteiger partial charge in [-0.15, -0.1) is 0 Å². The fraction of sp³-hybridized carbons (Fsp3) is 0.235. The van der Waals surface area contributed by atoms with Crippen molar-refractivity contribution in [1.82, 2.24) is 4.31 Å². The SMILES string of the molecule is CC(CS)N(CC(=O)O)S(=O)(=O)c1ccc(Sc2ccccc2)cc1. The lowest BCUT2D eigenvalue weighted by atomic mass is 10.4. The molecule has 8 heteroatoms. The third-order valence-corrected chi connectivity index (χ3v) is 6.97. The van der Waals surface area contributed by atoms with E-state index >= 15 is 0 Å². The molecule has 0 fully saturated rings. The van der Waals surface area contributed by atoms with Gasteiger partial charge in [-0.2, -0.15) is 16.9 Å². The van der Waals surface area contributed by atoms with Gasteiger partial charge in [0.2, 0.25) is 10.0 Å². The van der Waals surface area contributed by atoms with E-state index in [-0.39, 0.29) is 10.6 Å². The van der Waals surface area contributed by atoms with E-state index in [1.807, 2.05) is 30.3 Å². The Kier molecular flexibility index (Phi) is 6.95. The number of hydrogen-bond donors (Lipinski definition) is 2. The monoisotopic (exact) mass is 397 g/mol. The maximum Gasteiger partial charge on any atom is 0.318 e. The normalized spacial score (nSPS) is 12.9. The number of carboxylic acids is 1. The first kappa shape index (κ1) is 19.8. The number of nitrogens with zero attached hydrogens (tertiary/aromatic N) is 1. The molecule has 134 valence electrons. The quantitative estimate of drug-likeness (QED) is 0.669. The fourth-order valence-corrected chi connectivity index (χ4v) is 4.87. The van der Waals surface area contributed by atoms with Crippen molar-refractivity contribution >= 4 is 40.4 Å². The molecule has 0 aromatic heterocycles. The summed E-state index contributed by atoms with van der Waals surface area (Å²) in [6.45, 7) is 1.04. The van der Waals surface area contributed by atoms with E-state index in [0.717, 1.165) is 14.1 Å². The fourth-order valence-electron chi connectivity index (χ4n) is 2.14. The molecule has 25 heavy (non-hydrogen) atoms. The zero-order chi connectivity index (χ0) is 18.4. The minimum absolute atomic E-state index is 0.0693. The number of thiol groups is 1. The van der Waals surface area contributed by atoms with Gasteiger partial charge in [-0.25, -0.2) is 8.42 Å². The van der Waals surface area contributed by atoms with Crippen LogP contribution in [-0.2, 0) is 14.8 Å². The molecule has 2 aromatic rings. The molecule has 0 aliphatic rings. The van der Waals surface area contributed by atoms with Gasteiger partial charge in [-0.1, -0.05) is 30.0 Å². The Labute approximate surface area is 157 Å². The maximum absolute atomic E-state index is 12.8. The molecule has 0 amide bonds. The van der Waals surface area contributed by atoms with Crippen LogP contribution in [0.15, 0.2) is 69.3 Å². The molecule has 0 saturated heterocycles. The average molecular weight is 398 g/mol. The number of rotatable bonds is 8. The number of aliphatic carboxylic acids is 1. The van der Waals surface area contributed by atoms with Gasteiger partial charge in [0.25, 0.3) is 0 Å². The lowest BCUT2D eigenvalue weighted by molar-refractivity contribution is -0.137. The predicted octanol–water partition coefficient (Wildman–Crippen LogP) is 3.23. The molecule has 0 bridgehead atoms. The highest BCUT2D eigenvalue weighted by atomic mass is 32.2. The lowest BCUT2D eigenvalue weighted by Crippen LogP contribution is -2.42. The molecule has 1 atom stereocenters. The Hall–Kier alpha value is -1.48. The van der Waals surface area contributed by atoms with E-state index in [9.17, 15) is 13.2 Å². The molecule has 0 radical (unpaired) electrons. The van der Waals surface area contributed by atoms with Gasteiger partial charge in [0.15, 0.2) is 0 Å². The number of benzene rings is 2. The summed E-state index contributed by atoms with van der Waals surface area (Å²) < 4.78 is 26.5. The third kappa shape index (κ3) is 5.24. The second-order valence-corrected chi connectivity index (χ2v) is 8.76. The van der Waals surface area contributed by atoms with Crippen molar-refractivity contribution in [3.8, 4) is 0 Å². The zero-order valence-corrected chi connectivity index (χ0v) is 16.1. The van der Waals surface area contributed by atoms with Crippen LogP contribution in [0.2, 0.25) is 0 Å². The summed E-state index contributed by atoms with van der Waals surface area (Å²) in [4.78, 5) is 13.1. The van der Waals surface area contributed by atoms with Gasteiger partial charge >= 0.3 is 5.97 Å². The van der Waals surface area contributed by atoms with Crippen LogP contribution in [0, 0.1) is 0 Å². The smallest absolute Gasteiger partial charge is 0.318 e. The van der Waals surface area contributed by atoms with Crippen LogP contribution >= 0.6 is 24.4 Å². The molecular weight excluding hydrogens is 378 g/mol. The van der Waals surface area contributed by atoms with Gasteiger partial charge in [-0.3, -0.25) is 4.79 Å². The first-order valence-electron chi connectivity index (χ1n) is 7.52. The summed E-state index contributed by atoms with van der Waals surface area (Å²) in [5.74, 6) is -0.970. The van der Waals surface area contributed by atoms with Crippen molar-refractivity contribution in [2.24, 2.45) is 0 Å². The molecule has 0 aliphatic heterocycles. The van der Waals surface area contributed by atoms with Crippen LogP contribution in [0.5, 0.6) is 0 Å². The Morgan fingerprint density at radius 1 is 1.12 bits per heavy atom. The molecule has 1 unspecified atom stereocenters. The van der Waals surface area contributed by atoms with Gasteiger partial charge in [-0.05, 0) is 43.3 Å². The van der Waals surface area contributed by atoms with E-state index in [0.29, 0.717) is 0 Å². The topological polar surface area (TPSA) is 74.7 Å². The van der Waals surface area contributed by atoms with E-state index in [4.69, 9.17) is 5.11 Å². The largest absolute Gasteiger partial charge is 0.480 e. The summed E-state index contributed by atoms with van der Waals surface area (Å²) in [6, 6.07) is 15.7. The van der Waals surface area contributed by atoms with Crippen molar-refractivity contribution in [3.63, 3.8) is 0 Å². The number of carbonyl (C=O) groups is 1. The number of sulfonamides is 1. The zero-order valence-electron chi connectivity index (χ0n) is 13.6. The van der Waals surface area contributed by atoms with E-state index < -0.39 is 28.6 Å². The van der Waals surface area contributed by atoms with Crippen molar-refractivity contribution < 1.29 is 18.3 Å². The van der Waals surface area contributed by atoms with Crippen LogP contribution in [0.1, 0.15) is 6.92 Å². The minimum Gasteiger partial charge on any atom is -0.480 e. The standard InChI is InChI=1S/C17H19NO4S3/c1-13(12-23)18(11-17(19)20)25(21,22)16-9-7-15(8-10-16)24-14-5-3-2-4-6-14/h2-10,13,23H,11-12H2,1H3,(H,19,20). The van der Waals surface area contributed by atoms with Crippen LogP contribution in [0.4, 0.5) is 0 Å². The first-order chi connectivity index (χ1) is 11.8. The van der Waals surface area contributed by atoms with Crippen LogP contribution in [-0.4, -0.2) is 42.1 Å². The highest BCUT2D eigenvalue weighted by Crippen LogP contribution is 2.29. The van der Waals surface area contributed by atoms with E-state index in [1.54, 1.807) is 19.1 Å². The summed E-state index contributed by atoms with van der Waals surface area (Å²) in [6.07, 6.45) is 0. The molecule has 0 heterocycles. The maximum atomic E-state index is 12.8. The Morgan fingerprint density at radius 3 is 2.20 bits per heavy atom. The van der Waals surface area contributed by atoms with Gasteiger partial charge in [0, 0.05) is 21.6 Å². The summed E-state index contributed by atoms with van der Waals surface area (Å²) in [5.41, 5.74) is 0. The molecule has 1 N–H and O–H groups in total. The Morgan fingerprint density at radius 2 is 1.68 bits per heavy atom. The molecule has 5 nitrogen and oxygen atoms in total. The predicted molar refractivity (Wildman–Crippen MR) is 102 cm³/mol.